The first-order valence-electron chi connectivity index (χ1n) is 12.2. The summed E-state index contributed by atoms with van der Waals surface area (Å²) >= 11 is 0. The highest BCUT2D eigenvalue weighted by Gasteiger charge is 2.51. The molecule has 0 amide bonds. The molecule has 0 unspecified atom stereocenters. The number of hydrogen-bond donors (Lipinski definition) is 2. The number of rotatable bonds is 6. The fourth-order valence-corrected chi connectivity index (χ4v) is 5.47. The number of hydrogen-bond acceptors (Lipinski definition) is 8. The van der Waals surface area contributed by atoms with Gasteiger partial charge in [0.15, 0.2) is 17.5 Å². The number of aromatic nitrogens is 3. The van der Waals surface area contributed by atoms with Crippen molar-refractivity contribution in [2.45, 2.75) is 80.5 Å². The highest BCUT2D eigenvalue weighted by molar-refractivity contribution is 5.86. The lowest BCUT2D eigenvalue weighted by Gasteiger charge is -2.43. The molecular formula is C24H27F5N4O5. The molecule has 5 atom stereocenters. The van der Waals surface area contributed by atoms with Gasteiger partial charge in [-0.15, -0.1) is 5.10 Å². The van der Waals surface area contributed by atoms with Gasteiger partial charge in [-0.1, -0.05) is 10.4 Å². The van der Waals surface area contributed by atoms with Gasteiger partial charge in [0.1, 0.15) is 35.6 Å². The van der Waals surface area contributed by atoms with E-state index in [0.717, 1.165) is 12.1 Å². The summed E-state index contributed by atoms with van der Waals surface area (Å²) in [5.41, 5.74) is -0.271. The third-order valence-electron chi connectivity index (χ3n) is 7.56. The van der Waals surface area contributed by atoms with Gasteiger partial charge in [0.05, 0.1) is 24.6 Å². The number of ether oxygens (including phenoxy) is 2. The summed E-state index contributed by atoms with van der Waals surface area (Å²) in [5, 5.41) is 32.9. The Hall–Kier alpha value is -2.68. The molecule has 3 aliphatic rings. The second-order valence-corrected chi connectivity index (χ2v) is 10.1. The molecule has 1 aromatic heterocycles. The highest BCUT2D eigenvalue weighted by atomic mass is 19.3. The molecule has 1 aromatic carbocycles. The Morgan fingerprint density at radius 3 is 2.42 bits per heavy atom. The second-order valence-electron chi connectivity index (χ2n) is 10.1. The lowest BCUT2D eigenvalue weighted by atomic mass is 9.79. The monoisotopic (exact) mass is 546 g/mol. The van der Waals surface area contributed by atoms with E-state index in [1.165, 1.54) is 18.0 Å². The van der Waals surface area contributed by atoms with Gasteiger partial charge in [0, 0.05) is 38.4 Å². The van der Waals surface area contributed by atoms with E-state index in [-0.39, 0.29) is 43.4 Å². The molecule has 2 aromatic rings. The third kappa shape index (κ3) is 5.01. The van der Waals surface area contributed by atoms with Gasteiger partial charge in [-0.25, -0.2) is 26.6 Å². The van der Waals surface area contributed by atoms with E-state index in [2.05, 4.69) is 15.5 Å². The average Bonchev–Trinajstić information content (AvgIpc) is 3.53. The molecule has 9 nitrogen and oxygen atoms in total. The molecule has 208 valence electrons. The smallest absolute Gasteiger partial charge is 0.248 e. The van der Waals surface area contributed by atoms with E-state index < -0.39 is 66.0 Å². The van der Waals surface area contributed by atoms with E-state index in [1.54, 1.807) is 0 Å². The van der Waals surface area contributed by atoms with Crippen LogP contribution in [0.25, 0.3) is 11.3 Å². The Morgan fingerprint density at radius 1 is 1.11 bits per heavy atom. The fourth-order valence-electron chi connectivity index (χ4n) is 5.47. The molecule has 0 bridgehead atoms. The van der Waals surface area contributed by atoms with Crippen molar-refractivity contribution >= 4 is 5.71 Å². The van der Waals surface area contributed by atoms with Crippen LogP contribution in [0.4, 0.5) is 22.0 Å². The second kappa shape index (κ2) is 10.1. The number of alkyl halides is 2. The zero-order valence-electron chi connectivity index (χ0n) is 20.4. The Labute approximate surface area is 214 Å². The maximum atomic E-state index is 13.7. The van der Waals surface area contributed by atoms with Gasteiger partial charge < -0.3 is 24.5 Å². The maximum Gasteiger partial charge on any atom is 0.248 e. The van der Waals surface area contributed by atoms with Crippen molar-refractivity contribution in [2.24, 2.45) is 5.16 Å². The Bertz CT molecular complexity index is 1180. The molecule has 5 rings (SSSR count). The number of halogens is 5. The summed E-state index contributed by atoms with van der Waals surface area (Å²) in [6.45, 7) is -0.539. The summed E-state index contributed by atoms with van der Waals surface area (Å²) in [5.74, 6) is -7.12. The molecule has 3 heterocycles. The Balaban J connectivity index is 1.36. The van der Waals surface area contributed by atoms with Crippen molar-refractivity contribution in [1.82, 2.24) is 15.0 Å². The number of methoxy groups -OCH3 is 1. The van der Waals surface area contributed by atoms with Crippen LogP contribution in [0.3, 0.4) is 0 Å². The van der Waals surface area contributed by atoms with Crippen molar-refractivity contribution in [2.75, 3.05) is 13.7 Å². The Kier molecular flexibility index (Phi) is 7.18. The van der Waals surface area contributed by atoms with Gasteiger partial charge in [0.2, 0.25) is 5.92 Å². The standard InChI is InChI=1S/C24H27F5N4O5/c1-36-22-17(8-13-9-23(38-31-13)2-4-24(28,29)5-3-23)37-18(11-34)21(35)20(22)33-10-16(30-32-33)12-6-14(25)19(27)15(26)7-12/h6-7,10,17-18,20-22,34-35H,2-5,8-9,11H2,1H3/t17-,18-,20+,21+,22+/m1/s1. The largest absolute Gasteiger partial charge is 0.394 e. The topological polar surface area (TPSA) is 111 Å². The van der Waals surface area contributed by atoms with E-state index in [4.69, 9.17) is 14.3 Å². The van der Waals surface area contributed by atoms with Gasteiger partial charge in [-0.05, 0) is 25.0 Å². The molecule has 1 saturated heterocycles. The molecule has 0 radical (unpaired) electrons. The zero-order chi connectivity index (χ0) is 27.2. The minimum Gasteiger partial charge on any atom is -0.394 e. The van der Waals surface area contributed by atoms with Gasteiger partial charge in [0.25, 0.3) is 0 Å². The number of aliphatic hydroxyl groups excluding tert-OH is 2. The van der Waals surface area contributed by atoms with Crippen molar-refractivity contribution in [3.05, 3.63) is 35.8 Å². The van der Waals surface area contributed by atoms with Crippen molar-refractivity contribution < 1.29 is 46.5 Å². The third-order valence-corrected chi connectivity index (χ3v) is 7.56. The molecule has 38 heavy (non-hydrogen) atoms. The molecule has 1 saturated carbocycles. The minimum atomic E-state index is -2.72. The van der Waals surface area contributed by atoms with Crippen molar-refractivity contribution in [3.8, 4) is 11.3 Å². The van der Waals surface area contributed by atoms with Crippen LogP contribution in [-0.4, -0.2) is 80.6 Å². The van der Waals surface area contributed by atoms with Gasteiger partial charge in [-0.3, -0.25) is 0 Å². The SMILES string of the molecule is CO[C@@H]1[C@@H](n2cc(-c3cc(F)c(F)c(F)c3)nn2)[C@@H](O)[C@@H](CO)O[C@@H]1CC1=NOC2(CCC(F)(F)CC2)C1. The first kappa shape index (κ1) is 26.9. The van der Waals surface area contributed by atoms with Crippen LogP contribution < -0.4 is 0 Å². The van der Waals surface area contributed by atoms with Crippen molar-refractivity contribution in [3.63, 3.8) is 0 Å². The summed E-state index contributed by atoms with van der Waals surface area (Å²) < 4.78 is 81.0. The number of benzene rings is 1. The molecule has 2 N–H and O–H groups in total. The predicted octanol–water partition coefficient (Wildman–Crippen LogP) is 3.15. The summed E-state index contributed by atoms with van der Waals surface area (Å²) in [7, 11) is 1.39. The summed E-state index contributed by atoms with van der Waals surface area (Å²) in [6, 6.07) is 0.600. The van der Waals surface area contributed by atoms with Gasteiger partial charge >= 0.3 is 0 Å². The quantitative estimate of drug-likeness (QED) is 0.423. The van der Waals surface area contributed by atoms with Crippen LogP contribution in [-0.2, 0) is 14.3 Å². The summed E-state index contributed by atoms with van der Waals surface area (Å²) in [6.07, 6.45) is -2.37. The van der Waals surface area contributed by atoms with Crippen molar-refractivity contribution in [1.29, 1.82) is 0 Å². The zero-order valence-corrected chi connectivity index (χ0v) is 20.4. The molecule has 2 fully saturated rings. The van der Waals surface area contributed by atoms with Crippen LogP contribution in [0, 0.1) is 17.5 Å². The lowest BCUT2D eigenvalue weighted by molar-refractivity contribution is -0.210. The normalized spacial score (nSPS) is 30.3. The molecule has 1 aliphatic carbocycles. The molecule has 1 spiro atoms. The number of nitrogens with zero attached hydrogens (tertiary/aromatic N) is 4. The van der Waals surface area contributed by atoms with Crippen LogP contribution in [0.5, 0.6) is 0 Å². The maximum absolute atomic E-state index is 13.7. The minimum absolute atomic E-state index is 0.0121. The average molecular weight is 546 g/mol. The lowest BCUT2D eigenvalue weighted by Crippen LogP contribution is -2.57. The van der Waals surface area contributed by atoms with Crippen LogP contribution in [0.1, 0.15) is 44.6 Å². The first-order valence-corrected chi connectivity index (χ1v) is 12.2. The van der Waals surface area contributed by atoms with E-state index >= 15 is 0 Å². The molecular weight excluding hydrogens is 519 g/mol. The fraction of sp³-hybridized carbons (Fsp3) is 0.625. The summed E-state index contributed by atoms with van der Waals surface area (Å²) in [4.78, 5) is 5.61. The van der Waals surface area contributed by atoms with Crippen LogP contribution in [0.15, 0.2) is 23.5 Å². The first-order chi connectivity index (χ1) is 18.0. The number of oxime groups is 1. The van der Waals surface area contributed by atoms with E-state index in [1.807, 2.05) is 0 Å². The van der Waals surface area contributed by atoms with E-state index in [0.29, 0.717) is 12.1 Å². The van der Waals surface area contributed by atoms with Gasteiger partial charge in [-0.2, -0.15) is 0 Å². The van der Waals surface area contributed by atoms with Crippen LogP contribution in [0.2, 0.25) is 0 Å². The van der Waals surface area contributed by atoms with Crippen LogP contribution >= 0.6 is 0 Å². The number of aliphatic hydroxyl groups is 2. The highest BCUT2D eigenvalue weighted by Crippen LogP contribution is 2.45. The molecule has 2 aliphatic heterocycles. The Morgan fingerprint density at radius 2 is 1.79 bits per heavy atom. The molecule has 14 heteroatoms. The predicted molar refractivity (Wildman–Crippen MR) is 121 cm³/mol. The van der Waals surface area contributed by atoms with E-state index in [9.17, 15) is 32.2 Å².